The number of fused-ring (bicyclic) bond motifs is 3. The van der Waals surface area contributed by atoms with Crippen molar-refractivity contribution in [3.05, 3.63) is 35.8 Å². The van der Waals surface area contributed by atoms with Crippen LogP contribution in [0.4, 0.5) is 0 Å². The van der Waals surface area contributed by atoms with Gasteiger partial charge in [-0.2, -0.15) is 0 Å². The van der Waals surface area contributed by atoms with Crippen LogP contribution < -0.4 is 5.32 Å². The van der Waals surface area contributed by atoms with Gasteiger partial charge in [-0.25, -0.2) is 4.98 Å². The van der Waals surface area contributed by atoms with Gasteiger partial charge in [0.2, 0.25) is 0 Å². The Labute approximate surface area is 201 Å². The van der Waals surface area contributed by atoms with E-state index in [0.29, 0.717) is 25.2 Å². The Morgan fingerprint density at radius 3 is 2.88 bits per heavy atom. The molecule has 1 saturated heterocycles. The van der Waals surface area contributed by atoms with Crippen LogP contribution in [0.5, 0.6) is 0 Å². The second kappa shape index (κ2) is 9.33. The SMILES string of the molecule is CC1(C(=O)O)CCCN(Cc2cn3c(C(=O)NCC45CCCCCC(CC4)C5)cccc3n2)C1. The van der Waals surface area contributed by atoms with Crippen LogP contribution in [0.15, 0.2) is 24.4 Å². The Morgan fingerprint density at radius 1 is 1.15 bits per heavy atom. The lowest BCUT2D eigenvalue weighted by molar-refractivity contribution is -0.151. The molecule has 2 aromatic heterocycles. The van der Waals surface area contributed by atoms with Gasteiger partial charge >= 0.3 is 5.97 Å². The van der Waals surface area contributed by atoms with Gasteiger partial charge in [0.05, 0.1) is 11.1 Å². The summed E-state index contributed by atoms with van der Waals surface area (Å²) >= 11 is 0. The van der Waals surface area contributed by atoms with Gasteiger partial charge in [0.15, 0.2) is 0 Å². The molecule has 1 amide bonds. The molecule has 184 valence electrons. The van der Waals surface area contributed by atoms with Crippen LogP contribution >= 0.6 is 0 Å². The first-order chi connectivity index (χ1) is 16.4. The van der Waals surface area contributed by atoms with Crippen molar-refractivity contribution in [1.29, 1.82) is 0 Å². The van der Waals surface area contributed by atoms with Crippen LogP contribution in [-0.4, -0.2) is 50.9 Å². The summed E-state index contributed by atoms with van der Waals surface area (Å²) in [5.41, 5.74) is 1.80. The van der Waals surface area contributed by atoms with E-state index in [1.807, 2.05) is 35.7 Å². The van der Waals surface area contributed by atoms with E-state index in [4.69, 9.17) is 4.98 Å². The lowest BCUT2D eigenvalue weighted by Gasteiger charge is -2.37. The number of rotatable bonds is 6. The first kappa shape index (κ1) is 23.3. The second-order valence-electron chi connectivity index (χ2n) is 11.4. The number of aromatic nitrogens is 2. The molecule has 3 heterocycles. The third-order valence-electron chi connectivity index (χ3n) is 8.70. The molecule has 34 heavy (non-hydrogen) atoms. The summed E-state index contributed by atoms with van der Waals surface area (Å²) in [4.78, 5) is 31.9. The minimum Gasteiger partial charge on any atom is -0.481 e. The standard InChI is InChI=1S/C27H38N4O3/c1-26(25(33)34)11-6-14-30(19-26)16-21-17-31-22(8-5-9-23(31)29-21)24(32)28-18-27-12-4-2-3-7-20(15-27)10-13-27/h5,8-9,17,20H,2-4,6-7,10-16,18-19H2,1H3,(H,28,32)(H,33,34). The Bertz CT molecular complexity index is 1070. The third kappa shape index (κ3) is 4.72. The average Bonchev–Trinajstić information content (AvgIpc) is 3.41. The van der Waals surface area contributed by atoms with Gasteiger partial charge in [0.25, 0.3) is 5.91 Å². The van der Waals surface area contributed by atoms with E-state index in [-0.39, 0.29) is 11.3 Å². The van der Waals surface area contributed by atoms with E-state index in [9.17, 15) is 14.7 Å². The number of hydrogen-bond donors (Lipinski definition) is 2. The molecule has 2 saturated carbocycles. The zero-order valence-electron chi connectivity index (χ0n) is 20.4. The summed E-state index contributed by atoms with van der Waals surface area (Å²) in [6, 6.07) is 5.68. The number of piperidine rings is 1. The van der Waals surface area contributed by atoms with Crippen molar-refractivity contribution < 1.29 is 14.7 Å². The molecule has 0 aromatic carbocycles. The van der Waals surface area contributed by atoms with Crippen molar-refractivity contribution in [2.45, 2.75) is 77.7 Å². The van der Waals surface area contributed by atoms with E-state index >= 15 is 0 Å². The second-order valence-corrected chi connectivity index (χ2v) is 11.4. The van der Waals surface area contributed by atoms with Crippen LogP contribution in [0, 0.1) is 16.7 Å². The molecule has 2 bridgehead atoms. The summed E-state index contributed by atoms with van der Waals surface area (Å²) in [7, 11) is 0. The third-order valence-corrected chi connectivity index (χ3v) is 8.70. The van der Waals surface area contributed by atoms with Gasteiger partial charge in [0.1, 0.15) is 11.3 Å². The number of nitrogens with zero attached hydrogens (tertiary/aromatic N) is 3. The largest absolute Gasteiger partial charge is 0.481 e. The number of hydrogen-bond acceptors (Lipinski definition) is 4. The number of aliphatic carboxylic acids is 1. The van der Waals surface area contributed by atoms with Crippen molar-refractivity contribution in [2.75, 3.05) is 19.6 Å². The molecule has 0 radical (unpaired) electrons. The quantitative estimate of drug-likeness (QED) is 0.655. The van der Waals surface area contributed by atoms with E-state index < -0.39 is 11.4 Å². The van der Waals surface area contributed by atoms with Crippen LogP contribution in [0.2, 0.25) is 0 Å². The number of likely N-dealkylation sites (tertiary alicyclic amines) is 1. The highest BCUT2D eigenvalue weighted by atomic mass is 16.4. The number of amides is 1. The summed E-state index contributed by atoms with van der Waals surface area (Å²) in [6.45, 7) is 4.58. The predicted octanol–water partition coefficient (Wildman–Crippen LogP) is 4.50. The van der Waals surface area contributed by atoms with Crippen LogP contribution in [0.1, 0.15) is 87.3 Å². The maximum atomic E-state index is 13.3. The van der Waals surface area contributed by atoms with Gasteiger partial charge in [-0.05, 0) is 75.5 Å². The average molecular weight is 467 g/mol. The molecular weight excluding hydrogens is 428 g/mol. The highest BCUT2D eigenvalue weighted by Crippen LogP contribution is 2.48. The number of carbonyl (C=O) groups is 2. The zero-order valence-corrected chi connectivity index (χ0v) is 20.4. The number of imidazole rings is 1. The maximum Gasteiger partial charge on any atom is 0.310 e. The van der Waals surface area contributed by atoms with Crippen molar-refractivity contribution in [3.8, 4) is 0 Å². The molecular formula is C27H38N4O3. The Balaban J connectivity index is 1.28. The predicted molar refractivity (Wildman–Crippen MR) is 131 cm³/mol. The fourth-order valence-corrected chi connectivity index (χ4v) is 6.72. The van der Waals surface area contributed by atoms with Gasteiger partial charge in [-0.15, -0.1) is 0 Å². The highest BCUT2D eigenvalue weighted by Gasteiger charge is 2.40. The van der Waals surface area contributed by atoms with Crippen molar-refractivity contribution in [3.63, 3.8) is 0 Å². The number of carbonyl (C=O) groups excluding carboxylic acids is 1. The topological polar surface area (TPSA) is 86.9 Å². The molecule has 7 heteroatoms. The molecule has 1 aliphatic heterocycles. The van der Waals surface area contributed by atoms with Crippen LogP contribution in [0.3, 0.4) is 0 Å². The minimum atomic E-state index is -0.733. The van der Waals surface area contributed by atoms with Crippen molar-refractivity contribution >= 4 is 17.5 Å². The minimum absolute atomic E-state index is 0.0362. The molecule has 5 rings (SSSR count). The number of nitrogens with one attached hydrogen (secondary N) is 1. The van der Waals surface area contributed by atoms with Gasteiger partial charge in [-0.3, -0.25) is 18.9 Å². The van der Waals surface area contributed by atoms with E-state index in [1.54, 1.807) is 0 Å². The number of carboxylic acid groups (broad SMARTS) is 1. The molecule has 3 fully saturated rings. The monoisotopic (exact) mass is 466 g/mol. The zero-order chi connectivity index (χ0) is 23.8. The first-order valence-corrected chi connectivity index (χ1v) is 13.1. The Morgan fingerprint density at radius 2 is 2.03 bits per heavy atom. The highest BCUT2D eigenvalue weighted by molar-refractivity contribution is 5.93. The van der Waals surface area contributed by atoms with Crippen molar-refractivity contribution in [1.82, 2.24) is 19.6 Å². The molecule has 2 aliphatic carbocycles. The molecule has 7 nitrogen and oxygen atoms in total. The molecule has 3 atom stereocenters. The van der Waals surface area contributed by atoms with Gasteiger partial charge in [0, 0.05) is 25.8 Å². The summed E-state index contributed by atoms with van der Waals surface area (Å²) < 4.78 is 1.89. The van der Waals surface area contributed by atoms with Crippen molar-refractivity contribution in [2.24, 2.45) is 16.7 Å². The summed E-state index contributed by atoms with van der Waals surface area (Å²) in [6.07, 6.45) is 13.9. The van der Waals surface area contributed by atoms with Crippen LogP contribution in [-0.2, 0) is 11.3 Å². The van der Waals surface area contributed by atoms with Gasteiger partial charge in [-0.1, -0.05) is 31.7 Å². The molecule has 2 aromatic rings. The van der Waals surface area contributed by atoms with E-state index in [2.05, 4.69) is 10.2 Å². The lowest BCUT2D eigenvalue weighted by atomic mass is 9.78. The fraction of sp³-hybridized carbons (Fsp3) is 0.667. The summed E-state index contributed by atoms with van der Waals surface area (Å²) in [5, 5.41) is 12.9. The molecule has 2 N–H and O–H groups in total. The maximum absolute atomic E-state index is 13.3. The Hall–Kier alpha value is -2.41. The molecule has 3 unspecified atom stereocenters. The number of carboxylic acids is 1. The lowest BCUT2D eigenvalue weighted by Crippen LogP contribution is -2.45. The smallest absolute Gasteiger partial charge is 0.310 e. The van der Waals surface area contributed by atoms with Gasteiger partial charge < -0.3 is 10.4 Å². The van der Waals surface area contributed by atoms with E-state index in [1.165, 1.54) is 51.4 Å². The fourth-order valence-electron chi connectivity index (χ4n) is 6.72. The number of pyridine rings is 1. The Kier molecular flexibility index (Phi) is 6.40. The van der Waals surface area contributed by atoms with E-state index in [0.717, 1.165) is 36.8 Å². The summed E-state index contributed by atoms with van der Waals surface area (Å²) in [5.74, 6) is 0.0731. The molecule has 0 spiro atoms. The molecule has 3 aliphatic rings. The van der Waals surface area contributed by atoms with Crippen LogP contribution in [0.25, 0.3) is 5.65 Å². The normalized spacial score (nSPS) is 30.1. The first-order valence-electron chi connectivity index (χ1n) is 13.1.